The molecule has 1 aliphatic heterocycles. The van der Waals surface area contributed by atoms with E-state index < -0.39 is 10.0 Å². The van der Waals surface area contributed by atoms with Crippen LogP contribution in [0.15, 0.2) is 29.3 Å². The van der Waals surface area contributed by atoms with Gasteiger partial charge in [-0.15, -0.1) is 0 Å². The van der Waals surface area contributed by atoms with Crippen molar-refractivity contribution in [2.75, 3.05) is 31.1 Å². The van der Waals surface area contributed by atoms with Crippen molar-refractivity contribution in [1.29, 1.82) is 0 Å². The van der Waals surface area contributed by atoms with E-state index in [2.05, 4.69) is 46.2 Å². The molecule has 1 saturated heterocycles. The highest BCUT2D eigenvalue weighted by Gasteiger charge is 2.33. The third-order valence-electron chi connectivity index (χ3n) is 4.65. The van der Waals surface area contributed by atoms with Gasteiger partial charge in [-0.3, -0.25) is 0 Å². The molecule has 3 heterocycles. The van der Waals surface area contributed by atoms with Gasteiger partial charge in [-0.2, -0.15) is 13.9 Å². The molecule has 138 valence electrons. The van der Waals surface area contributed by atoms with E-state index in [1.165, 1.54) is 21.4 Å². The van der Waals surface area contributed by atoms with Crippen molar-refractivity contribution < 1.29 is 8.42 Å². The molecule has 0 amide bonds. The minimum Gasteiger partial charge on any atom is -0.369 e. The van der Waals surface area contributed by atoms with Gasteiger partial charge in [0.2, 0.25) is 4.96 Å². The van der Waals surface area contributed by atoms with Crippen molar-refractivity contribution in [1.82, 2.24) is 18.9 Å². The molecule has 4 rings (SSSR count). The minimum atomic E-state index is -3.62. The zero-order chi connectivity index (χ0) is 18.5. The first kappa shape index (κ1) is 17.4. The lowest BCUT2D eigenvalue weighted by molar-refractivity contribution is 0.382. The molecular formula is C17H21N5O2S2. The lowest BCUT2D eigenvalue weighted by Crippen LogP contribution is -2.49. The SMILES string of the molecule is Cc1ccc(N2CCN(S(=O)(=O)c3c(C)nc4sc(C)nn34)CC2)cc1. The highest BCUT2D eigenvalue weighted by Crippen LogP contribution is 2.26. The van der Waals surface area contributed by atoms with Crippen LogP contribution < -0.4 is 4.90 Å². The zero-order valence-electron chi connectivity index (χ0n) is 15.0. The second-order valence-electron chi connectivity index (χ2n) is 6.54. The first-order chi connectivity index (χ1) is 12.4. The molecule has 0 unspecified atom stereocenters. The summed E-state index contributed by atoms with van der Waals surface area (Å²) in [5, 5.41) is 5.32. The third-order valence-corrected chi connectivity index (χ3v) is 7.47. The molecule has 1 aromatic carbocycles. The summed E-state index contributed by atoms with van der Waals surface area (Å²) in [4.78, 5) is 7.21. The molecule has 2 aromatic heterocycles. The summed E-state index contributed by atoms with van der Waals surface area (Å²) in [6.07, 6.45) is 0. The van der Waals surface area contributed by atoms with Crippen molar-refractivity contribution in [3.8, 4) is 0 Å². The van der Waals surface area contributed by atoms with Crippen LogP contribution in [-0.4, -0.2) is 53.5 Å². The van der Waals surface area contributed by atoms with Crippen LogP contribution in [0.25, 0.3) is 4.96 Å². The number of benzene rings is 1. The van der Waals surface area contributed by atoms with Gasteiger partial charge in [-0.25, -0.2) is 13.4 Å². The van der Waals surface area contributed by atoms with Crippen molar-refractivity contribution >= 4 is 32.0 Å². The summed E-state index contributed by atoms with van der Waals surface area (Å²) in [6, 6.07) is 8.33. The van der Waals surface area contributed by atoms with E-state index >= 15 is 0 Å². The van der Waals surface area contributed by atoms with Gasteiger partial charge >= 0.3 is 0 Å². The standard InChI is InChI=1S/C17H21N5O2S2/c1-12-4-6-15(7-5-12)20-8-10-21(11-9-20)26(23,24)16-13(2)18-17-22(16)19-14(3)25-17/h4-7H,8-11H2,1-3H3. The molecule has 1 aliphatic rings. The number of aryl methyl sites for hydroxylation is 3. The molecule has 1 fully saturated rings. The van der Waals surface area contributed by atoms with E-state index in [9.17, 15) is 8.42 Å². The number of hydrogen-bond acceptors (Lipinski definition) is 6. The maximum Gasteiger partial charge on any atom is 0.262 e. The lowest BCUT2D eigenvalue weighted by Gasteiger charge is -2.35. The van der Waals surface area contributed by atoms with Crippen LogP contribution in [-0.2, 0) is 10.0 Å². The average molecular weight is 392 g/mol. The Balaban J connectivity index is 1.58. The Labute approximate surface area is 156 Å². The van der Waals surface area contributed by atoms with Gasteiger partial charge in [-0.05, 0) is 32.9 Å². The summed E-state index contributed by atoms with van der Waals surface area (Å²) in [5.74, 6) is 0. The predicted octanol–water partition coefficient (Wildman–Crippen LogP) is 2.23. The van der Waals surface area contributed by atoms with Gasteiger partial charge in [0.15, 0.2) is 5.03 Å². The minimum absolute atomic E-state index is 0.195. The van der Waals surface area contributed by atoms with E-state index in [0.29, 0.717) is 36.8 Å². The number of rotatable bonds is 3. The van der Waals surface area contributed by atoms with Crippen LogP contribution in [0.3, 0.4) is 0 Å². The van der Waals surface area contributed by atoms with Crippen molar-refractivity contribution in [2.45, 2.75) is 25.8 Å². The molecule has 0 saturated carbocycles. The number of nitrogens with zero attached hydrogens (tertiary/aromatic N) is 5. The van der Waals surface area contributed by atoms with E-state index in [-0.39, 0.29) is 5.03 Å². The summed E-state index contributed by atoms with van der Waals surface area (Å²) < 4.78 is 29.4. The smallest absolute Gasteiger partial charge is 0.262 e. The highest BCUT2D eigenvalue weighted by atomic mass is 32.2. The van der Waals surface area contributed by atoms with Crippen molar-refractivity contribution in [3.05, 3.63) is 40.5 Å². The summed E-state index contributed by atoms with van der Waals surface area (Å²) >= 11 is 1.40. The fourth-order valence-corrected chi connectivity index (χ4v) is 5.79. The average Bonchev–Trinajstić information content (AvgIpc) is 3.09. The van der Waals surface area contributed by atoms with Gasteiger partial charge in [0.1, 0.15) is 5.01 Å². The maximum atomic E-state index is 13.2. The molecule has 3 aromatic rings. The van der Waals surface area contributed by atoms with Crippen LogP contribution in [0.2, 0.25) is 0 Å². The van der Waals surface area contributed by atoms with Crippen LogP contribution in [0.5, 0.6) is 0 Å². The van der Waals surface area contributed by atoms with Crippen molar-refractivity contribution in [2.24, 2.45) is 0 Å². The lowest BCUT2D eigenvalue weighted by atomic mass is 10.2. The number of aromatic nitrogens is 3. The Morgan fingerprint density at radius 2 is 1.65 bits per heavy atom. The molecule has 0 spiro atoms. The Hall–Kier alpha value is -1.97. The summed E-state index contributed by atoms with van der Waals surface area (Å²) in [5.41, 5.74) is 2.85. The maximum absolute atomic E-state index is 13.2. The highest BCUT2D eigenvalue weighted by molar-refractivity contribution is 7.89. The largest absolute Gasteiger partial charge is 0.369 e. The third kappa shape index (κ3) is 2.89. The van der Waals surface area contributed by atoms with E-state index in [0.717, 1.165) is 10.7 Å². The second kappa shape index (κ2) is 6.33. The molecule has 0 atom stereocenters. The fourth-order valence-electron chi connectivity index (χ4n) is 3.29. The number of imidazole rings is 1. The quantitative estimate of drug-likeness (QED) is 0.685. The Morgan fingerprint density at radius 3 is 2.31 bits per heavy atom. The van der Waals surface area contributed by atoms with Gasteiger partial charge < -0.3 is 4.90 Å². The predicted molar refractivity (Wildman–Crippen MR) is 102 cm³/mol. The van der Waals surface area contributed by atoms with E-state index in [1.807, 2.05) is 6.92 Å². The molecule has 0 N–H and O–H groups in total. The molecule has 0 radical (unpaired) electrons. The Morgan fingerprint density at radius 1 is 1.00 bits per heavy atom. The number of piperazine rings is 1. The molecular weight excluding hydrogens is 370 g/mol. The number of fused-ring (bicyclic) bond motifs is 1. The zero-order valence-corrected chi connectivity index (χ0v) is 16.6. The normalized spacial score (nSPS) is 16.5. The molecule has 9 heteroatoms. The summed E-state index contributed by atoms with van der Waals surface area (Å²) in [6.45, 7) is 7.87. The van der Waals surface area contributed by atoms with Crippen molar-refractivity contribution in [3.63, 3.8) is 0 Å². The number of sulfonamides is 1. The van der Waals surface area contributed by atoms with Gasteiger partial charge in [-0.1, -0.05) is 29.0 Å². The van der Waals surface area contributed by atoms with Gasteiger partial charge in [0, 0.05) is 31.9 Å². The number of hydrogen-bond donors (Lipinski definition) is 0. The Bertz CT molecular complexity index is 1040. The van der Waals surface area contributed by atoms with Crippen LogP contribution in [0, 0.1) is 20.8 Å². The number of anilines is 1. The van der Waals surface area contributed by atoms with Crippen LogP contribution in [0.4, 0.5) is 5.69 Å². The molecule has 26 heavy (non-hydrogen) atoms. The van der Waals surface area contributed by atoms with Gasteiger partial charge in [0.25, 0.3) is 10.0 Å². The second-order valence-corrected chi connectivity index (χ2v) is 9.56. The monoisotopic (exact) mass is 391 g/mol. The first-order valence-corrected chi connectivity index (χ1v) is 10.8. The van der Waals surface area contributed by atoms with Gasteiger partial charge in [0.05, 0.1) is 5.69 Å². The molecule has 7 nitrogen and oxygen atoms in total. The first-order valence-electron chi connectivity index (χ1n) is 8.51. The Kier molecular flexibility index (Phi) is 4.25. The molecule has 0 aliphatic carbocycles. The van der Waals surface area contributed by atoms with E-state index in [4.69, 9.17) is 0 Å². The topological polar surface area (TPSA) is 70.8 Å². The van der Waals surface area contributed by atoms with E-state index in [1.54, 1.807) is 11.2 Å². The summed E-state index contributed by atoms with van der Waals surface area (Å²) in [7, 11) is -3.62. The molecule has 0 bridgehead atoms. The van der Waals surface area contributed by atoms with Crippen LogP contribution in [0.1, 0.15) is 16.3 Å². The van der Waals surface area contributed by atoms with Crippen LogP contribution >= 0.6 is 11.3 Å². The fraction of sp³-hybridized carbons (Fsp3) is 0.412.